The second-order valence-electron chi connectivity index (χ2n) is 4.17. The van der Waals surface area contributed by atoms with Crippen LogP contribution in [0.15, 0.2) is 41.6 Å². The first-order chi connectivity index (χ1) is 10.0. The summed E-state index contributed by atoms with van der Waals surface area (Å²) >= 11 is 6.83. The molecular formula is C14H11I3N2O2. The van der Waals surface area contributed by atoms with E-state index in [0.29, 0.717) is 12.2 Å². The van der Waals surface area contributed by atoms with Crippen LogP contribution in [0.5, 0.6) is 5.75 Å². The van der Waals surface area contributed by atoms with Crippen LogP contribution in [0.2, 0.25) is 0 Å². The SMILES string of the molecule is NC(=NO)c1cccc(COc2c(I)cc(I)cc2I)c1. The predicted molar refractivity (Wildman–Crippen MR) is 108 cm³/mol. The van der Waals surface area contributed by atoms with Crippen molar-refractivity contribution in [3.8, 4) is 5.75 Å². The highest BCUT2D eigenvalue weighted by Crippen LogP contribution is 2.30. The molecule has 0 radical (unpaired) electrons. The fourth-order valence-corrected chi connectivity index (χ4v) is 5.59. The normalized spacial score (nSPS) is 11.5. The Labute approximate surface area is 163 Å². The Hall–Kier alpha value is -0.300. The third-order valence-electron chi connectivity index (χ3n) is 2.68. The van der Waals surface area contributed by atoms with Crippen LogP contribution in [0.3, 0.4) is 0 Å². The zero-order valence-corrected chi connectivity index (χ0v) is 17.2. The lowest BCUT2D eigenvalue weighted by atomic mass is 10.1. The van der Waals surface area contributed by atoms with E-state index in [9.17, 15) is 0 Å². The average molecular weight is 620 g/mol. The zero-order valence-electron chi connectivity index (χ0n) is 10.7. The molecule has 3 N–H and O–H groups in total. The van der Waals surface area contributed by atoms with Crippen molar-refractivity contribution in [1.82, 2.24) is 0 Å². The number of hydrogen-bond donors (Lipinski definition) is 2. The molecule has 0 saturated carbocycles. The molecule has 21 heavy (non-hydrogen) atoms. The van der Waals surface area contributed by atoms with Gasteiger partial charge in [-0.05, 0) is 91.5 Å². The molecule has 2 rings (SSSR count). The van der Waals surface area contributed by atoms with Crippen LogP contribution in [-0.4, -0.2) is 11.0 Å². The molecule has 0 amide bonds. The van der Waals surface area contributed by atoms with Gasteiger partial charge in [0, 0.05) is 9.13 Å². The standard InChI is InChI=1S/C14H11I3N2O2/c15-10-5-11(16)13(12(17)6-10)21-7-8-2-1-3-9(4-8)14(18)19-20/h1-6,20H,7H2,(H2,18,19). The smallest absolute Gasteiger partial charge is 0.170 e. The van der Waals surface area contributed by atoms with Crippen molar-refractivity contribution in [2.45, 2.75) is 6.61 Å². The van der Waals surface area contributed by atoms with Crippen LogP contribution in [0, 0.1) is 10.7 Å². The molecule has 2 aromatic carbocycles. The van der Waals surface area contributed by atoms with E-state index in [1.807, 2.05) is 18.2 Å². The lowest BCUT2D eigenvalue weighted by Gasteiger charge is -2.11. The van der Waals surface area contributed by atoms with Crippen LogP contribution in [0.4, 0.5) is 0 Å². The molecule has 0 spiro atoms. The molecule has 110 valence electrons. The molecule has 0 bridgehead atoms. The summed E-state index contributed by atoms with van der Waals surface area (Å²) in [4.78, 5) is 0. The summed E-state index contributed by atoms with van der Waals surface area (Å²) in [6, 6.07) is 11.6. The molecular weight excluding hydrogens is 609 g/mol. The Kier molecular flexibility index (Phi) is 6.34. The van der Waals surface area contributed by atoms with E-state index in [1.54, 1.807) is 6.07 Å². The second-order valence-corrected chi connectivity index (χ2v) is 7.74. The lowest BCUT2D eigenvalue weighted by Crippen LogP contribution is -2.13. The number of halogens is 3. The van der Waals surface area contributed by atoms with E-state index in [4.69, 9.17) is 15.7 Å². The van der Waals surface area contributed by atoms with Crippen molar-refractivity contribution in [1.29, 1.82) is 0 Å². The summed E-state index contributed by atoms with van der Waals surface area (Å²) in [5, 5.41) is 11.7. The minimum atomic E-state index is 0.0928. The Morgan fingerprint density at radius 2 is 1.81 bits per heavy atom. The van der Waals surface area contributed by atoms with E-state index < -0.39 is 0 Å². The third kappa shape index (κ3) is 4.58. The quantitative estimate of drug-likeness (QED) is 0.178. The van der Waals surface area contributed by atoms with Crippen molar-refractivity contribution >= 4 is 73.6 Å². The number of hydrogen-bond acceptors (Lipinski definition) is 3. The summed E-state index contributed by atoms with van der Waals surface area (Å²) < 4.78 is 9.26. The van der Waals surface area contributed by atoms with Crippen LogP contribution >= 0.6 is 67.8 Å². The van der Waals surface area contributed by atoms with Crippen molar-refractivity contribution < 1.29 is 9.94 Å². The van der Waals surface area contributed by atoms with Gasteiger partial charge in [0.15, 0.2) is 5.84 Å². The molecule has 0 aromatic heterocycles. The molecule has 0 heterocycles. The molecule has 2 aromatic rings. The molecule has 0 aliphatic heterocycles. The van der Waals surface area contributed by atoms with Crippen LogP contribution in [0.25, 0.3) is 0 Å². The minimum absolute atomic E-state index is 0.0928. The van der Waals surface area contributed by atoms with Crippen molar-refractivity contribution in [3.63, 3.8) is 0 Å². The van der Waals surface area contributed by atoms with Crippen LogP contribution in [-0.2, 0) is 6.61 Å². The van der Waals surface area contributed by atoms with Gasteiger partial charge in [0.05, 0.1) is 7.14 Å². The largest absolute Gasteiger partial charge is 0.487 e. The van der Waals surface area contributed by atoms with E-state index in [2.05, 4.69) is 85.1 Å². The highest BCUT2D eigenvalue weighted by atomic mass is 127. The molecule has 0 aliphatic rings. The maximum atomic E-state index is 8.71. The van der Waals surface area contributed by atoms with Gasteiger partial charge in [-0.3, -0.25) is 0 Å². The summed E-state index contributed by atoms with van der Waals surface area (Å²) in [7, 11) is 0. The first-order valence-corrected chi connectivity index (χ1v) is 9.09. The summed E-state index contributed by atoms with van der Waals surface area (Å²) in [5.41, 5.74) is 7.23. The lowest BCUT2D eigenvalue weighted by molar-refractivity contribution is 0.301. The van der Waals surface area contributed by atoms with E-state index in [-0.39, 0.29) is 5.84 Å². The Bertz CT molecular complexity index is 667. The summed E-state index contributed by atoms with van der Waals surface area (Å²) in [6.07, 6.45) is 0. The fraction of sp³-hybridized carbons (Fsp3) is 0.0714. The van der Waals surface area contributed by atoms with E-state index in [0.717, 1.165) is 18.5 Å². The molecule has 0 fully saturated rings. The first-order valence-electron chi connectivity index (χ1n) is 5.85. The molecule has 0 saturated heterocycles. The Morgan fingerprint density at radius 1 is 1.14 bits per heavy atom. The van der Waals surface area contributed by atoms with Crippen molar-refractivity contribution in [3.05, 3.63) is 58.2 Å². The fourth-order valence-electron chi connectivity index (χ4n) is 1.70. The van der Waals surface area contributed by atoms with E-state index in [1.165, 1.54) is 3.57 Å². The van der Waals surface area contributed by atoms with Gasteiger partial charge in [-0.2, -0.15) is 0 Å². The highest BCUT2D eigenvalue weighted by Gasteiger charge is 2.09. The summed E-state index contributed by atoms with van der Waals surface area (Å²) in [6.45, 7) is 0.430. The van der Waals surface area contributed by atoms with Gasteiger partial charge in [0.25, 0.3) is 0 Å². The number of amidine groups is 1. The molecule has 0 unspecified atom stereocenters. The molecule has 0 aliphatic carbocycles. The van der Waals surface area contributed by atoms with Gasteiger partial charge in [-0.25, -0.2) is 0 Å². The molecule has 7 heteroatoms. The Balaban J connectivity index is 2.17. The number of benzene rings is 2. The van der Waals surface area contributed by atoms with Gasteiger partial charge in [-0.15, -0.1) is 0 Å². The maximum Gasteiger partial charge on any atom is 0.170 e. The minimum Gasteiger partial charge on any atom is -0.487 e. The second kappa shape index (κ2) is 7.81. The molecule has 0 atom stereocenters. The summed E-state index contributed by atoms with van der Waals surface area (Å²) in [5.74, 6) is 0.973. The predicted octanol–water partition coefficient (Wildman–Crippen LogP) is 4.17. The highest BCUT2D eigenvalue weighted by molar-refractivity contribution is 14.1. The van der Waals surface area contributed by atoms with Crippen LogP contribution in [0.1, 0.15) is 11.1 Å². The Morgan fingerprint density at radius 3 is 2.43 bits per heavy atom. The monoisotopic (exact) mass is 620 g/mol. The van der Waals surface area contributed by atoms with Gasteiger partial charge in [0.1, 0.15) is 12.4 Å². The third-order valence-corrected chi connectivity index (χ3v) is 4.90. The molecule has 4 nitrogen and oxygen atoms in total. The number of nitrogens with two attached hydrogens (primary N) is 1. The average Bonchev–Trinajstić information content (AvgIpc) is 2.45. The first kappa shape index (κ1) is 17.1. The zero-order chi connectivity index (χ0) is 15.4. The van der Waals surface area contributed by atoms with Gasteiger partial charge in [-0.1, -0.05) is 23.4 Å². The van der Waals surface area contributed by atoms with Gasteiger partial charge >= 0.3 is 0 Å². The number of rotatable bonds is 4. The van der Waals surface area contributed by atoms with Gasteiger partial charge in [0.2, 0.25) is 0 Å². The number of ether oxygens (including phenoxy) is 1. The number of oxime groups is 1. The van der Waals surface area contributed by atoms with Crippen LogP contribution < -0.4 is 10.5 Å². The van der Waals surface area contributed by atoms with Crippen molar-refractivity contribution in [2.24, 2.45) is 10.9 Å². The van der Waals surface area contributed by atoms with Crippen molar-refractivity contribution in [2.75, 3.05) is 0 Å². The number of nitrogens with zero attached hydrogens (tertiary/aromatic N) is 1. The topological polar surface area (TPSA) is 67.8 Å². The van der Waals surface area contributed by atoms with Gasteiger partial charge < -0.3 is 15.7 Å². The van der Waals surface area contributed by atoms with E-state index >= 15 is 0 Å². The maximum absolute atomic E-state index is 8.71.